The molecule has 2 heterocycles. The number of nitrogens with one attached hydrogen (secondary N) is 2. The summed E-state index contributed by atoms with van der Waals surface area (Å²) in [6, 6.07) is 10.7. The first kappa shape index (κ1) is 25.6. The van der Waals surface area contributed by atoms with Gasteiger partial charge in [-0.2, -0.15) is 0 Å². The van der Waals surface area contributed by atoms with Crippen LogP contribution in [0.15, 0.2) is 36.4 Å². The van der Waals surface area contributed by atoms with Crippen LogP contribution in [-0.2, 0) is 10.2 Å². The van der Waals surface area contributed by atoms with Crippen molar-refractivity contribution in [2.45, 2.75) is 31.0 Å². The number of nitrogens with zero attached hydrogens (tertiary/aromatic N) is 2. The summed E-state index contributed by atoms with van der Waals surface area (Å²) in [4.78, 5) is 29.2. The molecule has 2 aliphatic heterocycles. The maximum atomic E-state index is 12.3. The van der Waals surface area contributed by atoms with E-state index in [9.17, 15) is 14.7 Å². The number of aliphatic hydroxyl groups excluding tert-OH is 1. The standard InChI is InChI=1S/C26H34N4O6/c1-26-10-11-29(2)24(26)30(3)20-8-6-17(13-19(20)26)36-25(33)28-15-23(32)27-14-21(31)18-12-16(34-4)7-9-22(18)35-5/h6-9,12-13,21,24,31H,10-11,14-15H2,1-5H3,(H,27,32)(H,28,33)/t21?,24-,26+/m1/s1. The molecule has 2 aromatic rings. The number of hydrogen-bond donors (Lipinski definition) is 3. The van der Waals surface area contributed by atoms with E-state index in [-0.39, 0.29) is 24.7 Å². The normalized spacial score (nSPS) is 21.4. The highest BCUT2D eigenvalue weighted by Crippen LogP contribution is 2.51. The molecule has 0 aliphatic carbocycles. The van der Waals surface area contributed by atoms with Crippen molar-refractivity contribution in [3.63, 3.8) is 0 Å². The van der Waals surface area contributed by atoms with Crippen molar-refractivity contribution >= 4 is 17.7 Å². The fraction of sp³-hybridized carbons (Fsp3) is 0.462. The summed E-state index contributed by atoms with van der Waals surface area (Å²) in [5, 5.41) is 15.6. The van der Waals surface area contributed by atoms with Crippen molar-refractivity contribution in [2.75, 3.05) is 52.8 Å². The number of aliphatic hydroxyl groups is 1. The van der Waals surface area contributed by atoms with Crippen LogP contribution < -0.4 is 29.7 Å². The minimum atomic E-state index is -1.02. The van der Waals surface area contributed by atoms with Crippen molar-refractivity contribution in [2.24, 2.45) is 0 Å². The van der Waals surface area contributed by atoms with Crippen molar-refractivity contribution in [3.05, 3.63) is 47.5 Å². The molecule has 1 saturated heterocycles. The van der Waals surface area contributed by atoms with E-state index in [1.807, 2.05) is 12.1 Å². The monoisotopic (exact) mass is 498 g/mol. The lowest BCUT2D eigenvalue weighted by atomic mass is 9.81. The summed E-state index contributed by atoms with van der Waals surface area (Å²) in [5.74, 6) is 0.997. The van der Waals surface area contributed by atoms with E-state index >= 15 is 0 Å². The number of likely N-dealkylation sites (tertiary alicyclic amines) is 1. The third kappa shape index (κ3) is 4.78. The van der Waals surface area contributed by atoms with Crippen LogP contribution in [0.2, 0.25) is 0 Å². The first-order chi connectivity index (χ1) is 17.2. The zero-order chi connectivity index (χ0) is 26.0. The second kappa shape index (κ2) is 10.2. The van der Waals surface area contributed by atoms with Gasteiger partial charge in [-0.1, -0.05) is 6.92 Å². The summed E-state index contributed by atoms with van der Waals surface area (Å²) in [7, 11) is 7.23. The average Bonchev–Trinajstić information content (AvgIpc) is 3.30. The van der Waals surface area contributed by atoms with Crippen LogP contribution in [0.1, 0.15) is 30.6 Å². The predicted molar refractivity (Wildman–Crippen MR) is 135 cm³/mol. The molecule has 3 N–H and O–H groups in total. The number of hydrogen-bond acceptors (Lipinski definition) is 8. The molecule has 0 spiro atoms. The van der Waals surface area contributed by atoms with Crippen molar-refractivity contribution in [3.8, 4) is 17.2 Å². The summed E-state index contributed by atoms with van der Waals surface area (Å²) in [6.07, 6.45) is -0.450. The van der Waals surface area contributed by atoms with Crippen molar-refractivity contribution < 1.29 is 28.9 Å². The van der Waals surface area contributed by atoms with Gasteiger partial charge in [0, 0.05) is 36.8 Å². The topological polar surface area (TPSA) is 113 Å². The SMILES string of the molecule is COc1ccc(OC)c(C(O)CNC(=O)CNC(=O)Oc2ccc3c(c2)[C@]2(C)CCN(C)[C@@H]2N3C)c1. The van der Waals surface area contributed by atoms with E-state index in [2.05, 4.69) is 41.5 Å². The second-order valence-electron chi connectivity index (χ2n) is 9.48. The van der Waals surface area contributed by atoms with Gasteiger partial charge in [-0.3, -0.25) is 9.69 Å². The van der Waals surface area contributed by atoms with Crippen LogP contribution in [0.25, 0.3) is 0 Å². The van der Waals surface area contributed by atoms with Gasteiger partial charge in [0.15, 0.2) is 0 Å². The molecule has 10 heteroatoms. The quantitative estimate of drug-likeness (QED) is 0.507. The van der Waals surface area contributed by atoms with Crippen LogP contribution in [0.5, 0.6) is 17.2 Å². The van der Waals surface area contributed by atoms with Gasteiger partial charge >= 0.3 is 6.09 Å². The van der Waals surface area contributed by atoms with Gasteiger partial charge in [0.1, 0.15) is 23.8 Å². The molecular formula is C26H34N4O6. The maximum Gasteiger partial charge on any atom is 0.413 e. The van der Waals surface area contributed by atoms with E-state index < -0.39 is 18.1 Å². The lowest BCUT2D eigenvalue weighted by Gasteiger charge is -2.32. The number of methoxy groups -OCH3 is 2. The smallest absolute Gasteiger partial charge is 0.413 e. The van der Waals surface area contributed by atoms with Gasteiger partial charge in [0.05, 0.1) is 26.5 Å². The van der Waals surface area contributed by atoms with Gasteiger partial charge in [0.25, 0.3) is 0 Å². The lowest BCUT2D eigenvalue weighted by molar-refractivity contribution is -0.120. The number of amides is 2. The third-order valence-electron chi connectivity index (χ3n) is 7.19. The van der Waals surface area contributed by atoms with E-state index in [0.29, 0.717) is 22.8 Å². The largest absolute Gasteiger partial charge is 0.497 e. The molecule has 4 rings (SSSR count). The minimum absolute atomic E-state index is 0.0408. The number of anilines is 1. The molecule has 2 aromatic carbocycles. The molecule has 1 fully saturated rings. The summed E-state index contributed by atoms with van der Waals surface area (Å²) in [6.45, 7) is 2.89. The number of carbonyl (C=O) groups is 2. The average molecular weight is 499 g/mol. The predicted octanol–water partition coefficient (Wildman–Crippen LogP) is 2.01. The number of carbonyl (C=O) groups excluding carboxylic acids is 2. The van der Waals surface area contributed by atoms with E-state index in [0.717, 1.165) is 24.2 Å². The van der Waals surface area contributed by atoms with Crippen LogP contribution >= 0.6 is 0 Å². The van der Waals surface area contributed by atoms with Crippen molar-refractivity contribution in [1.29, 1.82) is 0 Å². The Morgan fingerprint density at radius 1 is 1.11 bits per heavy atom. The fourth-order valence-electron chi connectivity index (χ4n) is 5.40. The minimum Gasteiger partial charge on any atom is -0.497 e. The number of fused-ring (bicyclic) bond motifs is 3. The van der Waals surface area contributed by atoms with Gasteiger partial charge in [-0.15, -0.1) is 0 Å². The summed E-state index contributed by atoms with van der Waals surface area (Å²) < 4.78 is 15.9. The van der Waals surface area contributed by atoms with Crippen LogP contribution in [0.3, 0.4) is 0 Å². The van der Waals surface area contributed by atoms with E-state index in [1.54, 1.807) is 24.3 Å². The Bertz CT molecular complexity index is 1140. The Morgan fingerprint density at radius 2 is 1.86 bits per heavy atom. The van der Waals surface area contributed by atoms with Crippen LogP contribution in [0, 0.1) is 0 Å². The molecule has 0 aromatic heterocycles. The van der Waals surface area contributed by atoms with Gasteiger partial charge in [0.2, 0.25) is 5.91 Å². The lowest BCUT2D eigenvalue weighted by Crippen LogP contribution is -2.45. The molecular weight excluding hydrogens is 464 g/mol. The van der Waals surface area contributed by atoms with Crippen molar-refractivity contribution in [1.82, 2.24) is 15.5 Å². The van der Waals surface area contributed by atoms with E-state index in [1.165, 1.54) is 14.2 Å². The third-order valence-corrected chi connectivity index (χ3v) is 7.19. The molecule has 0 saturated carbocycles. The molecule has 2 aliphatic rings. The number of likely N-dealkylation sites (N-methyl/N-ethyl adjacent to an activating group) is 2. The van der Waals surface area contributed by atoms with E-state index in [4.69, 9.17) is 14.2 Å². The fourth-order valence-corrected chi connectivity index (χ4v) is 5.40. The highest BCUT2D eigenvalue weighted by molar-refractivity contribution is 5.83. The Hall–Kier alpha value is -3.50. The zero-order valence-corrected chi connectivity index (χ0v) is 21.3. The molecule has 2 amide bonds. The Kier molecular flexibility index (Phi) is 7.28. The number of benzene rings is 2. The molecule has 1 unspecified atom stereocenters. The molecule has 0 radical (unpaired) electrons. The Morgan fingerprint density at radius 3 is 2.58 bits per heavy atom. The molecule has 3 atom stereocenters. The van der Waals surface area contributed by atoms with Crippen LogP contribution in [-0.4, -0.2) is 76.1 Å². The maximum absolute atomic E-state index is 12.3. The molecule has 36 heavy (non-hydrogen) atoms. The zero-order valence-electron chi connectivity index (χ0n) is 21.3. The molecule has 194 valence electrons. The number of rotatable bonds is 8. The van der Waals surface area contributed by atoms with Crippen LogP contribution in [0.4, 0.5) is 10.5 Å². The highest BCUT2D eigenvalue weighted by Gasteiger charge is 2.52. The first-order valence-corrected chi connectivity index (χ1v) is 11.9. The molecule has 10 nitrogen and oxygen atoms in total. The Balaban J connectivity index is 1.29. The molecule has 0 bridgehead atoms. The number of ether oxygens (including phenoxy) is 3. The summed E-state index contributed by atoms with van der Waals surface area (Å²) >= 11 is 0. The highest BCUT2D eigenvalue weighted by atomic mass is 16.6. The van der Waals surface area contributed by atoms with Gasteiger partial charge in [-0.05, 0) is 55.4 Å². The summed E-state index contributed by atoms with van der Waals surface area (Å²) in [5.41, 5.74) is 2.73. The Labute approximate surface area is 211 Å². The van der Waals surface area contributed by atoms with Gasteiger partial charge < -0.3 is 34.9 Å². The van der Waals surface area contributed by atoms with Gasteiger partial charge in [-0.25, -0.2) is 4.79 Å². The second-order valence-corrected chi connectivity index (χ2v) is 9.48. The first-order valence-electron chi connectivity index (χ1n) is 11.9.